The van der Waals surface area contributed by atoms with E-state index in [1.807, 2.05) is 0 Å². The van der Waals surface area contributed by atoms with Crippen LogP contribution in [0.25, 0.3) is 0 Å². The fourth-order valence-electron chi connectivity index (χ4n) is 1.35. The van der Waals surface area contributed by atoms with Crippen LogP contribution in [0.3, 0.4) is 0 Å². The third kappa shape index (κ3) is 2.67. The van der Waals surface area contributed by atoms with Crippen molar-refractivity contribution in [3.8, 4) is 0 Å². The molecule has 0 fully saturated rings. The van der Waals surface area contributed by atoms with Crippen molar-refractivity contribution >= 4 is 31.6 Å². The third-order valence-electron chi connectivity index (χ3n) is 2.15. The minimum atomic E-state index is -3.58. The van der Waals surface area contributed by atoms with Gasteiger partial charge >= 0.3 is 0 Å². The maximum absolute atomic E-state index is 12.0. The van der Waals surface area contributed by atoms with Crippen molar-refractivity contribution in [1.29, 1.82) is 0 Å². The Morgan fingerprint density at radius 3 is 2.41 bits per heavy atom. The first-order valence-corrected chi connectivity index (χ1v) is 7.03. The van der Waals surface area contributed by atoms with Crippen LogP contribution in [-0.2, 0) is 17.1 Å². The number of nitrogens with one attached hydrogen (secondary N) is 1. The molecule has 0 spiro atoms. The molecule has 2 rings (SSSR count). The van der Waals surface area contributed by atoms with Gasteiger partial charge < -0.3 is 0 Å². The molecule has 90 valence electrons. The van der Waals surface area contributed by atoms with Crippen molar-refractivity contribution < 1.29 is 8.42 Å². The van der Waals surface area contributed by atoms with Crippen LogP contribution in [-0.4, -0.2) is 18.2 Å². The summed E-state index contributed by atoms with van der Waals surface area (Å²) in [6.45, 7) is 0. The number of aromatic nitrogens is 2. The van der Waals surface area contributed by atoms with Crippen LogP contribution in [0.4, 0.5) is 5.69 Å². The summed E-state index contributed by atoms with van der Waals surface area (Å²) in [7, 11) is -2.00. The molecule has 0 bridgehead atoms. The summed E-state index contributed by atoms with van der Waals surface area (Å²) in [5.74, 6) is 0. The van der Waals surface area contributed by atoms with E-state index in [-0.39, 0.29) is 5.03 Å². The fraction of sp³-hybridized carbons (Fsp3) is 0.100. The lowest BCUT2D eigenvalue weighted by Crippen LogP contribution is -2.16. The molecule has 1 heterocycles. The molecule has 0 aliphatic carbocycles. The molecular formula is C10H10BrN3O2S. The second kappa shape index (κ2) is 4.50. The van der Waals surface area contributed by atoms with Crippen molar-refractivity contribution in [3.05, 3.63) is 41.0 Å². The van der Waals surface area contributed by atoms with Crippen molar-refractivity contribution in [1.82, 2.24) is 9.78 Å². The molecular weight excluding hydrogens is 306 g/mol. The van der Waals surface area contributed by atoms with Crippen LogP contribution in [0.1, 0.15) is 0 Å². The van der Waals surface area contributed by atoms with Crippen LogP contribution >= 0.6 is 15.9 Å². The SMILES string of the molecule is Cn1nccc1S(=O)(=O)Nc1ccc(Br)cc1. The summed E-state index contributed by atoms with van der Waals surface area (Å²) in [5.41, 5.74) is 0.509. The van der Waals surface area contributed by atoms with E-state index in [1.54, 1.807) is 31.3 Å². The molecule has 0 atom stereocenters. The van der Waals surface area contributed by atoms with Gasteiger partial charge in [-0.1, -0.05) is 15.9 Å². The molecule has 17 heavy (non-hydrogen) atoms. The van der Waals surface area contributed by atoms with Crippen molar-refractivity contribution in [2.24, 2.45) is 7.05 Å². The van der Waals surface area contributed by atoms with E-state index in [1.165, 1.54) is 16.9 Å². The van der Waals surface area contributed by atoms with E-state index in [0.29, 0.717) is 5.69 Å². The van der Waals surface area contributed by atoms with E-state index >= 15 is 0 Å². The Morgan fingerprint density at radius 1 is 1.24 bits per heavy atom. The van der Waals surface area contributed by atoms with Crippen molar-refractivity contribution in [3.63, 3.8) is 0 Å². The molecule has 0 aliphatic heterocycles. The molecule has 0 saturated carbocycles. The van der Waals surface area contributed by atoms with Crippen molar-refractivity contribution in [2.75, 3.05) is 4.72 Å². The number of nitrogens with zero attached hydrogens (tertiary/aromatic N) is 2. The second-order valence-corrected chi connectivity index (χ2v) is 5.95. The van der Waals surface area contributed by atoms with Gasteiger partial charge in [-0.3, -0.25) is 9.40 Å². The van der Waals surface area contributed by atoms with Gasteiger partial charge in [-0.25, -0.2) is 0 Å². The van der Waals surface area contributed by atoms with Gasteiger partial charge in [0.15, 0.2) is 5.03 Å². The predicted molar refractivity (Wildman–Crippen MR) is 68.2 cm³/mol. The maximum Gasteiger partial charge on any atom is 0.279 e. The highest BCUT2D eigenvalue weighted by molar-refractivity contribution is 9.10. The van der Waals surface area contributed by atoms with E-state index < -0.39 is 10.0 Å². The molecule has 1 aromatic heterocycles. The van der Waals surface area contributed by atoms with Gasteiger partial charge in [0.05, 0.1) is 6.20 Å². The van der Waals surface area contributed by atoms with E-state index in [0.717, 1.165) is 4.47 Å². The molecule has 0 unspecified atom stereocenters. The number of hydrogen-bond acceptors (Lipinski definition) is 3. The van der Waals surface area contributed by atoms with Crippen LogP contribution in [0.5, 0.6) is 0 Å². The number of halogens is 1. The zero-order chi connectivity index (χ0) is 12.5. The van der Waals surface area contributed by atoms with Crippen LogP contribution in [0.15, 0.2) is 46.0 Å². The third-order valence-corrected chi connectivity index (χ3v) is 4.13. The summed E-state index contributed by atoms with van der Waals surface area (Å²) in [4.78, 5) is 0. The minimum absolute atomic E-state index is 0.125. The lowest BCUT2D eigenvalue weighted by Gasteiger charge is -2.07. The van der Waals surface area contributed by atoms with E-state index in [2.05, 4.69) is 25.8 Å². The summed E-state index contributed by atoms with van der Waals surface area (Å²) in [6, 6.07) is 8.33. The molecule has 0 radical (unpaired) electrons. The Balaban J connectivity index is 2.30. The molecule has 2 aromatic rings. The highest BCUT2D eigenvalue weighted by Gasteiger charge is 2.17. The molecule has 5 nitrogen and oxygen atoms in total. The maximum atomic E-state index is 12.0. The summed E-state index contributed by atoms with van der Waals surface area (Å²) >= 11 is 3.28. The first-order valence-electron chi connectivity index (χ1n) is 4.75. The van der Waals surface area contributed by atoms with Crippen LogP contribution in [0.2, 0.25) is 0 Å². The van der Waals surface area contributed by atoms with Gasteiger partial charge in [0.2, 0.25) is 0 Å². The van der Waals surface area contributed by atoms with Crippen LogP contribution < -0.4 is 4.72 Å². The average Bonchev–Trinajstić information content (AvgIpc) is 2.68. The topological polar surface area (TPSA) is 64.0 Å². The quantitative estimate of drug-likeness (QED) is 0.942. The normalized spacial score (nSPS) is 11.4. The average molecular weight is 316 g/mol. The predicted octanol–water partition coefficient (Wildman–Crippen LogP) is 1.98. The zero-order valence-corrected chi connectivity index (χ0v) is 11.4. The standard InChI is InChI=1S/C10H10BrN3O2S/c1-14-10(6-7-12-14)17(15,16)13-9-4-2-8(11)3-5-9/h2-7,13H,1H3. The first-order chi connectivity index (χ1) is 7.99. The Morgan fingerprint density at radius 2 is 1.88 bits per heavy atom. The smallest absolute Gasteiger partial charge is 0.278 e. The van der Waals surface area contributed by atoms with Gasteiger partial charge in [-0.2, -0.15) is 13.5 Å². The van der Waals surface area contributed by atoms with E-state index in [9.17, 15) is 8.42 Å². The van der Waals surface area contributed by atoms with Crippen molar-refractivity contribution in [2.45, 2.75) is 5.03 Å². The van der Waals surface area contributed by atoms with Gasteiger partial charge in [-0.15, -0.1) is 0 Å². The summed E-state index contributed by atoms with van der Waals surface area (Å²) in [5, 5.41) is 3.95. The minimum Gasteiger partial charge on any atom is -0.278 e. The highest BCUT2D eigenvalue weighted by atomic mass is 79.9. The van der Waals surface area contributed by atoms with E-state index in [4.69, 9.17) is 0 Å². The van der Waals surface area contributed by atoms with Crippen LogP contribution in [0, 0.1) is 0 Å². The molecule has 0 amide bonds. The molecule has 1 N–H and O–H groups in total. The Hall–Kier alpha value is -1.34. The van der Waals surface area contributed by atoms with Gasteiger partial charge in [0.25, 0.3) is 10.0 Å². The fourth-order valence-corrected chi connectivity index (χ4v) is 2.80. The van der Waals surface area contributed by atoms with Gasteiger partial charge in [0.1, 0.15) is 0 Å². The largest absolute Gasteiger partial charge is 0.279 e. The molecule has 1 aromatic carbocycles. The Labute approximate surface area is 108 Å². The number of benzene rings is 1. The zero-order valence-electron chi connectivity index (χ0n) is 8.96. The molecule has 7 heteroatoms. The second-order valence-electron chi connectivity index (χ2n) is 3.41. The van der Waals surface area contributed by atoms with Gasteiger partial charge in [-0.05, 0) is 30.3 Å². The summed E-state index contributed by atoms with van der Waals surface area (Å²) < 4.78 is 28.6. The number of hydrogen-bond donors (Lipinski definition) is 1. The van der Waals surface area contributed by atoms with Gasteiger partial charge in [0, 0.05) is 17.2 Å². The lowest BCUT2D eigenvalue weighted by atomic mass is 10.3. The number of rotatable bonds is 3. The number of aryl methyl sites for hydroxylation is 1. The summed E-state index contributed by atoms with van der Waals surface area (Å²) in [6.07, 6.45) is 1.44. The number of anilines is 1. The molecule has 0 aliphatic rings. The Bertz CT molecular complexity index is 619. The lowest BCUT2D eigenvalue weighted by molar-refractivity contribution is 0.582. The monoisotopic (exact) mass is 315 g/mol. The number of sulfonamides is 1. The Kier molecular flexibility index (Phi) is 3.21. The highest BCUT2D eigenvalue weighted by Crippen LogP contribution is 2.17. The molecule has 0 saturated heterocycles. The first kappa shape index (κ1) is 12.1.